The Morgan fingerprint density at radius 3 is 2.69 bits per heavy atom. The van der Waals surface area contributed by atoms with Crippen molar-refractivity contribution in [1.82, 2.24) is 4.31 Å². The second-order valence-corrected chi connectivity index (χ2v) is 9.07. The smallest absolute Gasteiger partial charge is 0.309 e. The molecule has 0 aromatic heterocycles. The van der Waals surface area contributed by atoms with Crippen LogP contribution in [0.3, 0.4) is 0 Å². The minimum absolute atomic E-state index is 0.103. The third kappa shape index (κ3) is 5.43. The average Bonchev–Trinajstić information content (AvgIpc) is 2.74. The van der Waals surface area contributed by atoms with E-state index in [1.165, 1.54) is 16.4 Å². The zero-order valence-corrected chi connectivity index (χ0v) is 17.2. The molecule has 1 N–H and O–H groups in total. The van der Waals surface area contributed by atoms with Crippen molar-refractivity contribution in [2.45, 2.75) is 31.1 Å². The largest absolute Gasteiger partial charge is 0.455 e. The number of morpholine rings is 1. The van der Waals surface area contributed by atoms with Crippen LogP contribution in [0.2, 0.25) is 0 Å². The molecule has 8 nitrogen and oxygen atoms in total. The van der Waals surface area contributed by atoms with Crippen LogP contribution in [0.15, 0.2) is 35.2 Å². The van der Waals surface area contributed by atoms with Crippen molar-refractivity contribution >= 4 is 27.6 Å². The number of esters is 1. The Labute approximate surface area is 170 Å². The molecule has 0 radical (unpaired) electrons. The molecule has 1 saturated heterocycles. The lowest BCUT2D eigenvalue weighted by Crippen LogP contribution is -2.40. The summed E-state index contributed by atoms with van der Waals surface area (Å²) in [7, 11) is -3.67. The van der Waals surface area contributed by atoms with Crippen molar-refractivity contribution in [1.29, 1.82) is 0 Å². The van der Waals surface area contributed by atoms with Crippen molar-refractivity contribution < 1.29 is 27.5 Å². The topological polar surface area (TPSA) is 102 Å². The normalized spacial score (nSPS) is 20.2. The van der Waals surface area contributed by atoms with Crippen molar-refractivity contribution in [3.8, 4) is 0 Å². The lowest BCUT2D eigenvalue weighted by Gasteiger charge is -2.26. The summed E-state index contributed by atoms with van der Waals surface area (Å²) in [4.78, 5) is 24.4. The summed E-state index contributed by atoms with van der Waals surface area (Å²) in [5, 5.41) is 2.65. The van der Waals surface area contributed by atoms with Crippen LogP contribution in [0.5, 0.6) is 0 Å². The van der Waals surface area contributed by atoms with E-state index < -0.39 is 22.5 Å². The van der Waals surface area contributed by atoms with Gasteiger partial charge in [-0.1, -0.05) is 18.2 Å². The van der Waals surface area contributed by atoms with E-state index in [9.17, 15) is 18.0 Å². The Bertz CT molecular complexity index is 890. The second-order valence-electron chi connectivity index (χ2n) is 7.13. The van der Waals surface area contributed by atoms with Crippen LogP contribution in [0.1, 0.15) is 24.8 Å². The Kier molecular flexibility index (Phi) is 7.05. The number of benzene rings is 1. The molecule has 1 fully saturated rings. The van der Waals surface area contributed by atoms with E-state index >= 15 is 0 Å². The minimum Gasteiger partial charge on any atom is -0.455 e. The van der Waals surface area contributed by atoms with Gasteiger partial charge in [-0.05, 0) is 43.9 Å². The Morgan fingerprint density at radius 1 is 1.24 bits per heavy atom. The summed E-state index contributed by atoms with van der Waals surface area (Å²) < 4.78 is 37.3. The first-order chi connectivity index (χ1) is 13.9. The second kappa shape index (κ2) is 9.51. The van der Waals surface area contributed by atoms with Gasteiger partial charge in [-0.15, -0.1) is 0 Å². The maximum absolute atomic E-state index is 12.8. The van der Waals surface area contributed by atoms with Crippen LogP contribution >= 0.6 is 0 Å². The van der Waals surface area contributed by atoms with E-state index in [1.54, 1.807) is 13.0 Å². The van der Waals surface area contributed by atoms with E-state index in [2.05, 4.69) is 5.32 Å². The number of hydrogen-bond donors (Lipinski definition) is 1. The molecule has 0 spiro atoms. The van der Waals surface area contributed by atoms with Gasteiger partial charge in [-0.3, -0.25) is 9.59 Å². The number of anilines is 1. The molecular formula is C20H26N2O6S. The van der Waals surface area contributed by atoms with Crippen molar-refractivity contribution in [2.24, 2.45) is 5.92 Å². The molecule has 1 aromatic carbocycles. The average molecular weight is 423 g/mol. The summed E-state index contributed by atoms with van der Waals surface area (Å²) in [5.41, 5.74) is 1.09. The Hall–Kier alpha value is -2.23. The van der Waals surface area contributed by atoms with Gasteiger partial charge in [-0.25, -0.2) is 8.42 Å². The lowest BCUT2D eigenvalue weighted by atomic mass is 9.95. The van der Waals surface area contributed by atoms with Crippen LogP contribution in [0.25, 0.3) is 0 Å². The molecule has 2 aliphatic rings. The van der Waals surface area contributed by atoms with Gasteiger partial charge in [0.15, 0.2) is 6.61 Å². The first kappa shape index (κ1) is 21.5. The third-order valence-corrected chi connectivity index (χ3v) is 6.93. The summed E-state index contributed by atoms with van der Waals surface area (Å²) >= 11 is 0. The summed E-state index contributed by atoms with van der Waals surface area (Å²) in [5.74, 6) is -1.10. The van der Waals surface area contributed by atoms with Crippen molar-refractivity contribution in [3.63, 3.8) is 0 Å². The molecule has 1 aliphatic carbocycles. The summed E-state index contributed by atoms with van der Waals surface area (Å²) in [6.07, 6.45) is 6.14. The number of sulfonamides is 1. The maximum Gasteiger partial charge on any atom is 0.309 e. The highest BCUT2D eigenvalue weighted by atomic mass is 32.2. The number of carbonyl (C=O) groups is 2. The van der Waals surface area contributed by atoms with E-state index in [0.717, 1.165) is 12.8 Å². The highest BCUT2D eigenvalue weighted by Gasteiger charge is 2.27. The molecule has 1 heterocycles. The molecule has 0 saturated carbocycles. The molecule has 29 heavy (non-hydrogen) atoms. The van der Waals surface area contributed by atoms with Gasteiger partial charge in [0.25, 0.3) is 5.91 Å². The summed E-state index contributed by atoms with van der Waals surface area (Å²) in [6.45, 7) is 2.67. The van der Waals surface area contributed by atoms with E-state index in [0.29, 0.717) is 44.0 Å². The van der Waals surface area contributed by atoms with Crippen LogP contribution < -0.4 is 5.32 Å². The zero-order chi connectivity index (χ0) is 20.9. The fraction of sp³-hybridized carbons (Fsp3) is 0.500. The quantitative estimate of drug-likeness (QED) is 0.555. The van der Waals surface area contributed by atoms with Gasteiger partial charge in [0.2, 0.25) is 10.0 Å². The number of carbonyl (C=O) groups excluding carboxylic acids is 2. The number of allylic oxidation sites excluding steroid dienone is 2. The fourth-order valence-corrected chi connectivity index (χ4v) is 4.72. The molecule has 1 atom stereocenters. The highest BCUT2D eigenvalue weighted by molar-refractivity contribution is 7.89. The van der Waals surface area contributed by atoms with Crippen LogP contribution in [0, 0.1) is 12.8 Å². The molecule has 9 heteroatoms. The predicted octanol–water partition coefficient (Wildman–Crippen LogP) is 1.85. The van der Waals surface area contributed by atoms with Gasteiger partial charge in [0.05, 0.1) is 24.0 Å². The van der Waals surface area contributed by atoms with Crippen LogP contribution in [-0.2, 0) is 29.1 Å². The number of nitrogens with one attached hydrogen (secondary N) is 1. The molecule has 1 aromatic rings. The number of hydrogen-bond acceptors (Lipinski definition) is 6. The molecule has 158 valence electrons. The number of aryl methyl sites for hydroxylation is 1. The van der Waals surface area contributed by atoms with Gasteiger partial charge in [0, 0.05) is 18.8 Å². The highest BCUT2D eigenvalue weighted by Crippen LogP contribution is 2.24. The Balaban J connectivity index is 1.62. The van der Waals surface area contributed by atoms with E-state index in [4.69, 9.17) is 9.47 Å². The Morgan fingerprint density at radius 2 is 2.00 bits per heavy atom. The molecule has 0 unspecified atom stereocenters. The third-order valence-electron chi connectivity index (χ3n) is 5.04. The first-order valence-corrected chi connectivity index (χ1v) is 11.1. The van der Waals surface area contributed by atoms with Crippen molar-refractivity contribution in [2.75, 3.05) is 38.2 Å². The van der Waals surface area contributed by atoms with Gasteiger partial charge in [-0.2, -0.15) is 4.31 Å². The molecular weight excluding hydrogens is 396 g/mol. The number of amides is 1. The minimum atomic E-state index is -3.67. The molecule has 0 bridgehead atoms. The number of ether oxygens (including phenoxy) is 2. The van der Waals surface area contributed by atoms with Gasteiger partial charge >= 0.3 is 5.97 Å². The SMILES string of the molecule is Cc1ccc(S(=O)(=O)N2CCOCC2)cc1NC(=O)COC(=O)[C@@H]1CC=CCC1. The van der Waals surface area contributed by atoms with Crippen molar-refractivity contribution in [3.05, 3.63) is 35.9 Å². The molecule has 3 rings (SSSR count). The lowest BCUT2D eigenvalue weighted by molar-refractivity contribution is -0.151. The number of nitrogens with zero attached hydrogens (tertiary/aromatic N) is 1. The molecule has 1 amide bonds. The maximum atomic E-state index is 12.8. The van der Waals surface area contributed by atoms with Gasteiger partial charge < -0.3 is 14.8 Å². The zero-order valence-electron chi connectivity index (χ0n) is 16.4. The van der Waals surface area contributed by atoms with Crippen LogP contribution in [-0.4, -0.2) is 57.5 Å². The van der Waals surface area contributed by atoms with Crippen LogP contribution in [0.4, 0.5) is 5.69 Å². The summed E-state index contributed by atoms with van der Waals surface area (Å²) in [6, 6.07) is 4.60. The molecule has 1 aliphatic heterocycles. The predicted molar refractivity (Wildman–Crippen MR) is 107 cm³/mol. The van der Waals surface area contributed by atoms with E-state index in [1.807, 2.05) is 12.2 Å². The first-order valence-electron chi connectivity index (χ1n) is 9.68. The number of rotatable bonds is 6. The standard InChI is InChI=1S/C20H26N2O6S/c1-15-7-8-17(29(25,26)22-9-11-27-12-10-22)13-18(15)21-19(23)14-28-20(24)16-5-3-2-4-6-16/h2-3,7-8,13,16H,4-6,9-12,14H2,1H3,(H,21,23)/t16-/m1/s1. The monoisotopic (exact) mass is 422 g/mol. The van der Waals surface area contributed by atoms with Gasteiger partial charge in [0.1, 0.15) is 0 Å². The van der Waals surface area contributed by atoms with E-state index in [-0.39, 0.29) is 16.8 Å². The fourth-order valence-electron chi connectivity index (χ4n) is 3.28.